The van der Waals surface area contributed by atoms with E-state index in [-0.39, 0.29) is 10.0 Å². The molecule has 1 aromatic rings. The Bertz CT molecular complexity index is 318. The Hall–Kier alpha value is -0.740. The number of hydrogen-bond donors (Lipinski definition) is 1. The van der Waals surface area contributed by atoms with E-state index in [1.165, 1.54) is 6.07 Å². The van der Waals surface area contributed by atoms with E-state index < -0.39 is 18.1 Å². The molecular formula is C7H4Cl2F2O2. The summed E-state index contributed by atoms with van der Waals surface area (Å²) >= 11 is 10.9. The predicted octanol–water partition coefficient (Wildman–Crippen LogP) is 3.30. The predicted molar refractivity (Wildman–Crippen MR) is 44.8 cm³/mol. The van der Waals surface area contributed by atoms with Crippen molar-refractivity contribution in [1.82, 2.24) is 0 Å². The van der Waals surface area contributed by atoms with E-state index in [1.54, 1.807) is 0 Å². The molecule has 0 aliphatic rings. The summed E-state index contributed by atoms with van der Waals surface area (Å²) in [5.74, 6) is -0.987. The van der Waals surface area contributed by atoms with Crippen LogP contribution in [0.3, 0.4) is 0 Å². The van der Waals surface area contributed by atoms with E-state index in [0.29, 0.717) is 0 Å². The summed E-state index contributed by atoms with van der Waals surface area (Å²) in [6.45, 7) is -3.01. The average molecular weight is 229 g/mol. The minimum absolute atomic E-state index is 0.0702. The Labute approximate surface area is 82.6 Å². The summed E-state index contributed by atoms with van der Waals surface area (Å²) in [5.41, 5.74) is 0. The number of aromatic hydroxyl groups is 1. The minimum Gasteiger partial charge on any atom is -0.503 e. The van der Waals surface area contributed by atoms with Gasteiger partial charge in [-0.1, -0.05) is 23.2 Å². The quantitative estimate of drug-likeness (QED) is 0.842. The van der Waals surface area contributed by atoms with Gasteiger partial charge in [0.15, 0.2) is 11.5 Å². The van der Waals surface area contributed by atoms with Crippen molar-refractivity contribution < 1.29 is 18.6 Å². The molecule has 0 aliphatic carbocycles. The van der Waals surface area contributed by atoms with E-state index in [9.17, 15) is 8.78 Å². The highest BCUT2D eigenvalue weighted by atomic mass is 35.5. The molecule has 1 aromatic carbocycles. The van der Waals surface area contributed by atoms with Gasteiger partial charge in [0.1, 0.15) is 5.02 Å². The van der Waals surface area contributed by atoms with Gasteiger partial charge < -0.3 is 9.84 Å². The summed E-state index contributed by atoms with van der Waals surface area (Å²) in [4.78, 5) is 0. The van der Waals surface area contributed by atoms with Crippen molar-refractivity contribution in [1.29, 1.82) is 0 Å². The molecule has 0 heterocycles. The summed E-state index contributed by atoms with van der Waals surface area (Å²) < 4.78 is 27.4. The van der Waals surface area contributed by atoms with Gasteiger partial charge in [-0.15, -0.1) is 0 Å². The molecule has 0 spiro atoms. The van der Waals surface area contributed by atoms with Crippen LogP contribution in [0.2, 0.25) is 10.0 Å². The van der Waals surface area contributed by atoms with Crippen LogP contribution in [-0.4, -0.2) is 11.7 Å². The van der Waals surface area contributed by atoms with Crippen LogP contribution in [-0.2, 0) is 0 Å². The van der Waals surface area contributed by atoms with Crippen LogP contribution in [0.15, 0.2) is 12.1 Å². The second-order valence-corrected chi connectivity index (χ2v) is 2.87. The van der Waals surface area contributed by atoms with Gasteiger partial charge in [0.25, 0.3) is 0 Å². The second-order valence-electron chi connectivity index (χ2n) is 2.09. The molecule has 0 radical (unpaired) electrons. The average Bonchev–Trinajstić information content (AvgIpc) is 2.06. The van der Waals surface area contributed by atoms with Crippen LogP contribution in [0.25, 0.3) is 0 Å². The van der Waals surface area contributed by atoms with Gasteiger partial charge in [0, 0.05) is 0 Å². The number of alkyl halides is 2. The van der Waals surface area contributed by atoms with Gasteiger partial charge in [-0.05, 0) is 12.1 Å². The zero-order valence-corrected chi connectivity index (χ0v) is 7.61. The molecule has 2 nitrogen and oxygen atoms in total. The molecule has 0 atom stereocenters. The normalized spacial score (nSPS) is 10.5. The second kappa shape index (κ2) is 3.98. The first kappa shape index (κ1) is 10.3. The fourth-order valence-corrected chi connectivity index (χ4v) is 1.02. The minimum atomic E-state index is -3.01. The Balaban J connectivity index is 3.04. The van der Waals surface area contributed by atoms with Crippen molar-refractivity contribution in [3.8, 4) is 11.5 Å². The fraction of sp³-hybridized carbons (Fsp3) is 0.143. The monoisotopic (exact) mass is 228 g/mol. The maximum absolute atomic E-state index is 11.7. The number of rotatable bonds is 2. The maximum atomic E-state index is 11.7. The molecule has 1 rings (SSSR count). The van der Waals surface area contributed by atoms with Crippen LogP contribution in [0, 0.1) is 0 Å². The summed E-state index contributed by atoms with van der Waals surface area (Å²) in [7, 11) is 0. The van der Waals surface area contributed by atoms with Gasteiger partial charge in [0.2, 0.25) is 0 Å². The van der Waals surface area contributed by atoms with Crippen LogP contribution in [0.1, 0.15) is 0 Å². The third-order valence-electron chi connectivity index (χ3n) is 1.25. The highest BCUT2D eigenvalue weighted by Crippen LogP contribution is 2.39. The van der Waals surface area contributed by atoms with Crippen LogP contribution in [0.4, 0.5) is 8.78 Å². The van der Waals surface area contributed by atoms with Crippen molar-refractivity contribution >= 4 is 23.2 Å². The molecule has 0 bridgehead atoms. The summed E-state index contributed by atoms with van der Waals surface area (Å²) in [5, 5.41) is 9.01. The maximum Gasteiger partial charge on any atom is 0.387 e. The molecular weight excluding hydrogens is 225 g/mol. The van der Waals surface area contributed by atoms with Gasteiger partial charge in [-0.2, -0.15) is 8.78 Å². The Kier molecular flexibility index (Phi) is 3.17. The molecule has 72 valence electrons. The molecule has 0 saturated heterocycles. The van der Waals surface area contributed by atoms with Crippen LogP contribution >= 0.6 is 23.2 Å². The highest BCUT2D eigenvalue weighted by Gasteiger charge is 2.13. The van der Waals surface area contributed by atoms with Crippen LogP contribution < -0.4 is 4.74 Å². The lowest BCUT2D eigenvalue weighted by molar-refractivity contribution is -0.0512. The zero-order chi connectivity index (χ0) is 10.0. The van der Waals surface area contributed by atoms with Gasteiger partial charge in [-0.3, -0.25) is 0 Å². The molecule has 1 N–H and O–H groups in total. The number of halogens is 4. The Morgan fingerprint density at radius 3 is 2.46 bits per heavy atom. The first-order valence-electron chi connectivity index (χ1n) is 3.14. The lowest BCUT2D eigenvalue weighted by Crippen LogP contribution is -2.01. The van der Waals surface area contributed by atoms with Crippen LogP contribution in [0.5, 0.6) is 11.5 Å². The van der Waals surface area contributed by atoms with Gasteiger partial charge >= 0.3 is 6.61 Å². The number of hydrogen-bond acceptors (Lipinski definition) is 2. The lowest BCUT2D eigenvalue weighted by Gasteiger charge is -2.07. The van der Waals surface area contributed by atoms with E-state index in [0.717, 1.165) is 6.07 Å². The van der Waals surface area contributed by atoms with E-state index in [4.69, 9.17) is 28.3 Å². The van der Waals surface area contributed by atoms with E-state index in [2.05, 4.69) is 4.74 Å². The molecule has 0 aromatic heterocycles. The van der Waals surface area contributed by atoms with E-state index in [1.807, 2.05) is 0 Å². The summed E-state index contributed by atoms with van der Waals surface area (Å²) in [6, 6.07) is 2.36. The smallest absolute Gasteiger partial charge is 0.387 e. The van der Waals surface area contributed by atoms with Gasteiger partial charge in [-0.25, -0.2) is 0 Å². The number of benzene rings is 1. The molecule has 13 heavy (non-hydrogen) atoms. The number of phenols is 1. The van der Waals surface area contributed by atoms with Crippen molar-refractivity contribution in [2.45, 2.75) is 6.61 Å². The van der Waals surface area contributed by atoms with E-state index >= 15 is 0 Å². The molecule has 6 heteroatoms. The molecule has 0 fully saturated rings. The zero-order valence-electron chi connectivity index (χ0n) is 6.10. The van der Waals surface area contributed by atoms with Crippen molar-refractivity contribution in [3.05, 3.63) is 22.2 Å². The third kappa shape index (κ3) is 2.35. The molecule has 0 aliphatic heterocycles. The van der Waals surface area contributed by atoms with Crippen molar-refractivity contribution in [2.24, 2.45) is 0 Å². The summed E-state index contributed by atoms with van der Waals surface area (Å²) in [6.07, 6.45) is 0. The number of phenolic OH excluding ortho intramolecular Hbond substituents is 1. The van der Waals surface area contributed by atoms with Gasteiger partial charge in [0.05, 0.1) is 5.02 Å². The third-order valence-corrected chi connectivity index (χ3v) is 2.04. The first-order chi connectivity index (χ1) is 6.02. The largest absolute Gasteiger partial charge is 0.503 e. The molecule has 0 unspecified atom stereocenters. The van der Waals surface area contributed by atoms with Crippen molar-refractivity contribution in [3.63, 3.8) is 0 Å². The first-order valence-corrected chi connectivity index (χ1v) is 3.89. The topological polar surface area (TPSA) is 29.5 Å². The SMILES string of the molecule is Oc1c(OC(F)F)ccc(Cl)c1Cl. The standard InChI is InChI=1S/C7H4Cl2F2O2/c8-3-1-2-4(13-7(10)11)6(12)5(3)9/h1-2,7,12H. The Morgan fingerprint density at radius 1 is 1.31 bits per heavy atom. The Morgan fingerprint density at radius 2 is 1.92 bits per heavy atom. The van der Waals surface area contributed by atoms with Crippen molar-refractivity contribution in [2.75, 3.05) is 0 Å². The highest BCUT2D eigenvalue weighted by molar-refractivity contribution is 6.43. The lowest BCUT2D eigenvalue weighted by atomic mass is 10.3. The molecule has 0 saturated carbocycles. The number of ether oxygens (including phenoxy) is 1. The fourth-order valence-electron chi connectivity index (χ4n) is 0.713. The molecule has 0 amide bonds.